The molecule has 1 aromatic heterocycles. The third-order valence-corrected chi connectivity index (χ3v) is 5.14. The van der Waals surface area contributed by atoms with Crippen LogP contribution in [0, 0.1) is 0 Å². The van der Waals surface area contributed by atoms with Crippen LogP contribution in [0.4, 0.5) is 4.79 Å². The van der Waals surface area contributed by atoms with Crippen molar-refractivity contribution in [2.45, 2.75) is 38.3 Å². The number of esters is 1. The lowest BCUT2D eigenvalue weighted by Crippen LogP contribution is -2.44. The Balaban J connectivity index is 1.39. The number of nitrogens with one attached hydrogen (secondary N) is 2. The zero-order valence-electron chi connectivity index (χ0n) is 17.1. The maximum absolute atomic E-state index is 12.8. The highest BCUT2D eigenvalue weighted by atomic mass is 16.5. The number of amides is 3. The summed E-state index contributed by atoms with van der Waals surface area (Å²) in [5.41, 5.74) is 2.86. The van der Waals surface area contributed by atoms with Crippen molar-refractivity contribution < 1.29 is 19.1 Å². The van der Waals surface area contributed by atoms with Crippen LogP contribution in [-0.4, -0.2) is 29.0 Å². The van der Waals surface area contributed by atoms with Crippen molar-refractivity contribution in [3.05, 3.63) is 77.5 Å². The number of para-hydroxylation sites is 1. The average molecular weight is 417 g/mol. The van der Waals surface area contributed by atoms with Gasteiger partial charge in [-0.3, -0.25) is 15.1 Å². The van der Waals surface area contributed by atoms with Crippen molar-refractivity contribution in [2.24, 2.45) is 0 Å². The molecule has 0 unspecified atom stereocenters. The number of carbonyl (C=O) groups is 3. The zero-order valence-corrected chi connectivity index (χ0v) is 17.1. The molecule has 1 aliphatic carbocycles. The molecule has 0 aliphatic heterocycles. The van der Waals surface area contributed by atoms with Gasteiger partial charge in [-0.05, 0) is 37.5 Å². The normalized spacial score (nSPS) is 14.0. The number of carbonyl (C=O) groups excluding carboxylic acids is 3. The lowest BCUT2D eigenvalue weighted by atomic mass is 10.1. The Morgan fingerprint density at radius 3 is 2.52 bits per heavy atom. The van der Waals surface area contributed by atoms with Crippen LogP contribution in [0.25, 0.3) is 10.9 Å². The molecule has 3 amide bonds. The van der Waals surface area contributed by atoms with Crippen LogP contribution >= 0.6 is 0 Å². The fourth-order valence-corrected chi connectivity index (χ4v) is 3.27. The van der Waals surface area contributed by atoms with E-state index in [9.17, 15) is 14.4 Å². The number of pyridine rings is 1. The number of ether oxygens (including phenoxy) is 1. The molecule has 7 nitrogen and oxygen atoms in total. The molecule has 31 heavy (non-hydrogen) atoms. The minimum absolute atomic E-state index is 0.279. The van der Waals surface area contributed by atoms with E-state index in [4.69, 9.17) is 4.74 Å². The van der Waals surface area contributed by atoms with E-state index in [1.807, 2.05) is 48.5 Å². The SMILES string of the molecule is C[C@H](OC(=O)c1cc(C2CC2)nc2ccccc12)C(=O)NC(=O)NCc1ccccc1. The lowest BCUT2D eigenvalue weighted by molar-refractivity contribution is -0.127. The van der Waals surface area contributed by atoms with Crippen molar-refractivity contribution in [1.29, 1.82) is 0 Å². The first-order valence-electron chi connectivity index (χ1n) is 10.2. The molecular formula is C24H23N3O4. The van der Waals surface area contributed by atoms with Gasteiger partial charge in [0.15, 0.2) is 6.10 Å². The van der Waals surface area contributed by atoms with Crippen LogP contribution < -0.4 is 10.6 Å². The average Bonchev–Trinajstić information content (AvgIpc) is 3.63. The summed E-state index contributed by atoms with van der Waals surface area (Å²) in [6, 6.07) is 17.8. The maximum atomic E-state index is 12.8. The van der Waals surface area contributed by atoms with Crippen LogP contribution in [-0.2, 0) is 16.1 Å². The molecule has 2 aromatic carbocycles. The smallest absolute Gasteiger partial charge is 0.339 e. The number of imide groups is 1. The van der Waals surface area contributed by atoms with E-state index < -0.39 is 24.0 Å². The topological polar surface area (TPSA) is 97.4 Å². The van der Waals surface area contributed by atoms with E-state index in [0.717, 1.165) is 29.6 Å². The second-order valence-corrected chi connectivity index (χ2v) is 7.59. The molecule has 1 aliphatic rings. The summed E-state index contributed by atoms with van der Waals surface area (Å²) in [6.45, 7) is 1.71. The minimum Gasteiger partial charge on any atom is -0.449 e. The Bertz CT molecular complexity index is 1130. The molecule has 1 saturated carbocycles. The molecule has 0 saturated heterocycles. The van der Waals surface area contributed by atoms with Crippen molar-refractivity contribution in [2.75, 3.05) is 0 Å². The Hall–Kier alpha value is -3.74. The van der Waals surface area contributed by atoms with Crippen molar-refractivity contribution in [3.8, 4) is 0 Å². The van der Waals surface area contributed by atoms with E-state index in [1.54, 1.807) is 12.1 Å². The van der Waals surface area contributed by atoms with Crippen molar-refractivity contribution >= 4 is 28.8 Å². The molecule has 1 atom stereocenters. The molecule has 158 valence electrons. The van der Waals surface area contributed by atoms with Gasteiger partial charge in [0.25, 0.3) is 5.91 Å². The van der Waals surface area contributed by atoms with Crippen LogP contribution in [0.15, 0.2) is 60.7 Å². The highest BCUT2D eigenvalue weighted by molar-refractivity contribution is 6.05. The first-order valence-corrected chi connectivity index (χ1v) is 10.2. The van der Waals surface area contributed by atoms with Crippen molar-refractivity contribution in [3.63, 3.8) is 0 Å². The van der Waals surface area contributed by atoms with Gasteiger partial charge in [-0.1, -0.05) is 48.5 Å². The number of hydrogen-bond donors (Lipinski definition) is 2. The molecule has 2 N–H and O–H groups in total. The van der Waals surface area contributed by atoms with Gasteiger partial charge >= 0.3 is 12.0 Å². The number of aromatic nitrogens is 1. The van der Waals surface area contributed by atoms with Gasteiger partial charge in [0.1, 0.15) is 0 Å². The summed E-state index contributed by atoms with van der Waals surface area (Å²) < 4.78 is 5.37. The Morgan fingerprint density at radius 2 is 1.77 bits per heavy atom. The van der Waals surface area contributed by atoms with E-state index >= 15 is 0 Å². The molecule has 1 fully saturated rings. The van der Waals surface area contributed by atoms with Crippen LogP contribution in [0.3, 0.4) is 0 Å². The Kier molecular flexibility index (Phi) is 5.93. The summed E-state index contributed by atoms with van der Waals surface area (Å²) >= 11 is 0. The minimum atomic E-state index is -1.13. The van der Waals surface area contributed by atoms with Gasteiger partial charge in [-0.25, -0.2) is 9.59 Å². The zero-order chi connectivity index (χ0) is 21.8. The molecule has 7 heteroatoms. The van der Waals surface area contributed by atoms with Crippen LogP contribution in [0.1, 0.15) is 47.3 Å². The third-order valence-electron chi connectivity index (χ3n) is 5.14. The molecule has 0 spiro atoms. The van der Waals surface area contributed by atoms with E-state index in [0.29, 0.717) is 16.9 Å². The fourth-order valence-electron chi connectivity index (χ4n) is 3.27. The van der Waals surface area contributed by atoms with Crippen LogP contribution in [0.5, 0.6) is 0 Å². The molecular weight excluding hydrogens is 394 g/mol. The van der Waals surface area contributed by atoms with Gasteiger partial charge in [0.2, 0.25) is 0 Å². The number of benzene rings is 2. The molecule has 1 heterocycles. The molecule has 0 bridgehead atoms. The summed E-state index contributed by atoms with van der Waals surface area (Å²) in [4.78, 5) is 41.8. The molecule has 3 aromatic rings. The predicted molar refractivity (Wildman–Crippen MR) is 115 cm³/mol. The summed E-state index contributed by atoms with van der Waals surface area (Å²) in [5, 5.41) is 5.48. The molecule has 0 radical (unpaired) electrons. The number of urea groups is 1. The number of fused-ring (bicyclic) bond motifs is 1. The van der Waals surface area contributed by atoms with Crippen LogP contribution in [0.2, 0.25) is 0 Å². The monoisotopic (exact) mass is 417 g/mol. The number of nitrogens with zero attached hydrogens (tertiary/aromatic N) is 1. The van der Waals surface area contributed by atoms with Gasteiger partial charge in [0, 0.05) is 23.5 Å². The standard InChI is InChI=1S/C24H23N3O4/c1-15(22(28)27-24(30)25-14-16-7-3-2-4-8-16)31-23(29)19-13-21(17-11-12-17)26-20-10-6-5-9-18(19)20/h2-10,13,15,17H,11-12,14H2,1H3,(H2,25,27,28,30)/t15-/m0/s1. The van der Waals surface area contributed by atoms with Crippen molar-refractivity contribution in [1.82, 2.24) is 15.6 Å². The maximum Gasteiger partial charge on any atom is 0.339 e. The largest absolute Gasteiger partial charge is 0.449 e. The van der Waals surface area contributed by atoms with E-state index in [1.165, 1.54) is 6.92 Å². The second-order valence-electron chi connectivity index (χ2n) is 7.59. The highest BCUT2D eigenvalue weighted by Crippen LogP contribution is 2.40. The highest BCUT2D eigenvalue weighted by Gasteiger charge is 2.28. The lowest BCUT2D eigenvalue weighted by Gasteiger charge is -2.15. The fraction of sp³-hybridized carbons (Fsp3) is 0.250. The first kappa shape index (κ1) is 20.5. The summed E-state index contributed by atoms with van der Waals surface area (Å²) in [5.74, 6) is -0.947. The number of hydrogen-bond acceptors (Lipinski definition) is 5. The summed E-state index contributed by atoms with van der Waals surface area (Å²) in [7, 11) is 0. The first-order chi connectivity index (χ1) is 15.0. The van der Waals surface area contributed by atoms with Gasteiger partial charge in [0.05, 0.1) is 11.1 Å². The van der Waals surface area contributed by atoms with Gasteiger partial charge in [-0.15, -0.1) is 0 Å². The number of rotatable bonds is 6. The Labute approximate surface area is 179 Å². The quantitative estimate of drug-likeness (QED) is 0.596. The van der Waals surface area contributed by atoms with E-state index in [-0.39, 0.29) is 6.54 Å². The Morgan fingerprint density at radius 1 is 1.06 bits per heavy atom. The predicted octanol–water partition coefficient (Wildman–Crippen LogP) is 3.68. The summed E-state index contributed by atoms with van der Waals surface area (Å²) in [6.07, 6.45) is 0.972. The third kappa shape index (κ3) is 5.06. The van der Waals surface area contributed by atoms with Gasteiger partial charge in [-0.2, -0.15) is 0 Å². The van der Waals surface area contributed by atoms with E-state index in [2.05, 4.69) is 15.6 Å². The molecule has 4 rings (SSSR count). The van der Waals surface area contributed by atoms with Gasteiger partial charge < -0.3 is 10.1 Å². The second kappa shape index (κ2) is 8.95.